The number of benzene rings is 2. The molecule has 0 aliphatic carbocycles. The Kier molecular flexibility index (Phi) is 9.20. The van der Waals surface area contributed by atoms with Crippen molar-refractivity contribution < 1.29 is 13.9 Å². The molecule has 0 radical (unpaired) electrons. The van der Waals surface area contributed by atoms with Crippen LogP contribution < -0.4 is 14.8 Å². The van der Waals surface area contributed by atoms with Gasteiger partial charge in [-0.2, -0.15) is 0 Å². The van der Waals surface area contributed by atoms with Crippen molar-refractivity contribution in [2.45, 2.75) is 32.9 Å². The molecule has 2 aromatic rings. The van der Waals surface area contributed by atoms with E-state index in [1.807, 2.05) is 18.2 Å². The van der Waals surface area contributed by atoms with Gasteiger partial charge in [-0.3, -0.25) is 0 Å². The minimum absolute atomic E-state index is 0. The summed E-state index contributed by atoms with van der Waals surface area (Å²) in [7, 11) is 1.63. The predicted molar refractivity (Wildman–Crippen MR) is 97.6 cm³/mol. The minimum Gasteiger partial charge on any atom is -0.493 e. The highest BCUT2D eigenvalue weighted by Crippen LogP contribution is 2.28. The fraction of sp³-hybridized carbons (Fsp3) is 0.368. The third kappa shape index (κ3) is 6.38. The Morgan fingerprint density at radius 3 is 2.38 bits per heavy atom. The van der Waals surface area contributed by atoms with E-state index in [9.17, 15) is 4.39 Å². The summed E-state index contributed by atoms with van der Waals surface area (Å²) in [5, 5.41) is 3.40. The molecule has 0 atom stereocenters. The van der Waals surface area contributed by atoms with Crippen molar-refractivity contribution in [2.75, 3.05) is 13.7 Å². The Morgan fingerprint density at radius 1 is 1.00 bits per heavy atom. The van der Waals surface area contributed by atoms with Gasteiger partial charge in [0.15, 0.2) is 11.5 Å². The first kappa shape index (κ1) is 20.3. The molecule has 3 nitrogen and oxygen atoms in total. The van der Waals surface area contributed by atoms with Crippen molar-refractivity contribution in [1.82, 2.24) is 5.32 Å². The zero-order valence-electron chi connectivity index (χ0n) is 14.2. The monoisotopic (exact) mass is 353 g/mol. The molecule has 0 unspecified atom stereocenters. The summed E-state index contributed by atoms with van der Waals surface area (Å²) < 4.78 is 24.1. The first-order valence-corrected chi connectivity index (χ1v) is 7.97. The number of halogens is 2. The Bertz CT molecular complexity index is 605. The van der Waals surface area contributed by atoms with Gasteiger partial charge in [-0.15, -0.1) is 12.4 Å². The van der Waals surface area contributed by atoms with Crippen LogP contribution in [0.25, 0.3) is 0 Å². The summed E-state index contributed by atoms with van der Waals surface area (Å²) in [5.41, 5.74) is 2.07. The molecule has 0 bridgehead atoms. The van der Waals surface area contributed by atoms with Crippen LogP contribution in [0.15, 0.2) is 42.5 Å². The van der Waals surface area contributed by atoms with Crippen LogP contribution in [0, 0.1) is 5.82 Å². The van der Waals surface area contributed by atoms with Gasteiger partial charge < -0.3 is 14.8 Å². The maximum atomic E-state index is 12.9. The third-order valence-electron chi connectivity index (χ3n) is 3.57. The van der Waals surface area contributed by atoms with Crippen molar-refractivity contribution in [3.05, 3.63) is 59.4 Å². The van der Waals surface area contributed by atoms with Crippen LogP contribution in [0.2, 0.25) is 0 Å². The van der Waals surface area contributed by atoms with E-state index in [2.05, 4.69) is 12.2 Å². The van der Waals surface area contributed by atoms with Crippen molar-refractivity contribution >= 4 is 12.4 Å². The molecule has 0 fully saturated rings. The second-order valence-corrected chi connectivity index (χ2v) is 5.43. The maximum Gasteiger partial charge on any atom is 0.161 e. The molecule has 5 heteroatoms. The number of nitrogens with one attached hydrogen (secondary N) is 1. The lowest BCUT2D eigenvalue weighted by Crippen LogP contribution is -2.14. The standard InChI is InChI=1S/C19H24FNO2.ClH/c1-3-4-11-21-13-16-7-10-18(19(12-16)22-2)23-14-15-5-8-17(20)9-6-15;/h5-10,12,21H,3-4,11,13-14H2,1-2H3;1H. The molecule has 2 aromatic carbocycles. The third-order valence-corrected chi connectivity index (χ3v) is 3.57. The molecule has 0 aliphatic rings. The molecule has 132 valence electrons. The first-order valence-electron chi connectivity index (χ1n) is 7.97. The van der Waals surface area contributed by atoms with Crippen LogP contribution in [0.3, 0.4) is 0 Å². The number of unbranched alkanes of at least 4 members (excludes halogenated alkanes) is 1. The summed E-state index contributed by atoms with van der Waals surface area (Å²) in [5.74, 6) is 1.15. The van der Waals surface area contributed by atoms with E-state index >= 15 is 0 Å². The normalized spacial score (nSPS) is 10.1. The van der Waals surface area contributed by atoms with Crippen LogP contribution in [0.5, 0.6) is 11.5 Å². The number of hydrogen-bond donors (Lipinski definition) is 1. The summed E-state index contributed by atoms with van der Waals surface area (Å²) in [4.78, 5) is 0. The highest BCUT2D eigenvalue weighted by Gasteiger charge is 2.06. The molecular formula is C19H25ClFNO2. The van der Waals surface area contributed by atoms with E-state index in [1.165, 1.54) is 25.0 Å². The van der Waals surface area contributed by atoms with E-state index in [0.717, 1.165) is 24.2 Å². The van der Waals surface area contributed by atoms with Crippen LogP contribution >= 0.6 is 12.4 Å². The fourth-order valence-corrected chi connectivity index (χ4v) is 2.22. The molecule has 0 heterocycles. The van der Waals surface area contributed by atoms with Crippen LogP contribution in [-0.2, 0) is 13.2 Å². The fourth-order valence-electron chi connectivity index (χ4n) is 2.22. The predicted octanol–water partition coefficient (Wildman–Crippen LogP) is 4.72. The van der Waals surface area contributed by atoms with E-state index in [4.69, 9.17) is 9.47 Å². The van der Waals surface area contributed by atoms with Gasteiger partial charge in [-0.25, -0.2) is 4.39 Å². The molecule has 0 saturated heterocycles. The van der Waals surface area contributed by atoms with Gasteiger partial charge in [0.1, 0.15) is 12.4 Å². The largest absolute Gasteiger partial charge is 0.493 e. The van der Waals surface area contributed by atoms with Crippen LogP contribution in [-0.4, -0.2) is 13.7 Å². The minimum atomic E-state index is -0.244. The van der Waals surface area contributed by atoms with Gasteiger partial charge in [0.25, 0.3) is 0 Å². The molecule has 0 aromatic heterocycles. The Hall–Kier alpha value is -1.78. The second kappa shape index (κ2) is 10.9. The van der Waals surface area contributed by atoms with Gasteiger partial charge in [-0.05, 0) is 48.4 Å². The Balaban J connectivity index is 0.00000288. The van der Waals surface area contributed by atoms with Crippen LogP contribution in [0.4, 0.5) is 4.39 Å². The number of rotatable bonds is 9. The smallest absolute Gasteiger partial charge is 0.161 e. The molecule has 2 rings (SSSR count). The van der Waals surface area contributed by atoms with Crippen molar-refractivity contribution in [3.63, 3.8) is 0 Å². The van der Waals surface area contributed by atoms with Gasteiger partial charge >= 0.3 is 0 Å². The van der Waals surface area contributed by atoms with Crippen LogP contribution in [0.1, 0.15) is 30.9 Å². The first-order chi connectivity index (χ1) is 11.2. The molecular weight excluding hydrogens is 329 g/mol. The number of methoxy groups -OCH3 is 1. The van der Waals surface area contributed by atoms with Crippen molar-refractivity contribution in [2.24, 2.45) is 0 Å². The van der Waals surface area contributed by atoms with E-state index < -0.39 is 0 Å². The zero-order chi connectivity index (χ0) is 16.5. The lowest BCUT2D eigenvalue weighted by Gasteiger charge is -2.13. The molecule has 24 heavy (non-hydrogen) atoms. The van der Waals surface area contributed by atoms with E-state index in [-0.39, 0.29) is 18.2 Å². The molecule has 1 N–H and O–H groups in total. The van der Waals surface area contributed by atoms with E-state index in [0.29, 0.717) is 18.1 Å². The highest BCUT2D eigenvalue weighted by molar-refractivity contribution is 5.85. The average molecular weight is 354 g/mol. The van der Waals surface area contributed by atoms with Gasteiger partial charge in [0, 0.05) is 6.54 Å². The highest BCUT2D eigenvalue weighted by atomic mass is 35.5. The second-order valence-electron chi connectivity index (χ2n) is 5.43. The molecule has 0 amide bonds. The van der Waals surface area contributed by atoms with Gasteiger partial charge in [0.2, 0.25) is 0 Å². The topological polar surface area (TPSA) is 30.5 Å². The summed E-state index contributed by atoms with van der Waals surface area (Å²) in [6.45, 7) is 4.39. The van der Waals surface area contributed by atoms with Crippen molar-refractivity contribution in [3.8, 4) is 11.5 Å². The quantitative estimate of drug-likeness (QED) is 0.661. The lowest BCUT2D eigenvalue weighted by molar-refractivity contribution is 0.284. The van der Waals surface area contributed by atoms with Gasteiger partial charge in [-0.1, -0.05) is 31.5 Å². The lowest BCUT2D eigenvalue weighted by atomic mass is 10.2. The summed E-state index contributed by atoms with van der Waals surface area (Å²) in [6, 6.07) is 12.2. The van der Waals surface area contributed by atoms with E-state index in [1.54, 1.807) is 19.2 Å². The summed E-state index contributed by atoms with van der Waals surface area (Å²) >= 11 is 0. The molecule has 0 saturated carbocycles. The maximum absolute atomic E-state index is 12.9. The SMILES string of the molecule is CCCCNCc1ccc(OCc2ccc(F)cc2)c(OC)c1.Cl. The zero-order valence-corrected chi connectivity index (χ0v) is 15.0. The summed E-state index contributed by atoms with van der Waals surface area (Å²) in [6.07, 6.45) is 2.36. The molecule has 0 aliphatic heterocycles. The number of hydrogen-bond acceptors (Lipinski definition) is 3. The molecule has 0 spiro atoms. The average Bonchev–Trinajstić information content (AvgIpc) is 2.58. The Labute approximate surface area is 149 Å². The number of ether oxygens (including phenoxy) is 2. The Morgan fingerprint density at radius 2 is 1.71 bits per heavy atom. The van der Waals surface area contributed by atoms with Gasteiger partial charge in [0.05, 0.1) is 7.11 Å². The van der Waals surface area contributed by atoms with Crippen molar-refractivity contribution in [1.29, 1.82) is 0 Å².